The molecular formula is C17H21NO5S. The average Bonchev–Trinajstić information content (AvgIpc) is 3.27. The maximum absolute atomic E-state index is 12.8. The zero-order chi connectivity index (χ0) is 17.4. The summed E-state index contributed by atoms with van der Waals surface area (Å²) in [6, 6.07) is 1.72. The summed E-state index contributed by atoms with van der Waals surface area (Å²) in [5.74, 6) is -2.58. The number of amides is 1. The van der Waals surface area contributed by atoms with E-state index in [0.717, 1.165) is 30.6 Å². The Bertz CT molecular complexity index is 683. The molecule has 1 aromatic rings. The zero-order valence-electron chi connectivity index (χ0n) is 13.7. The van der Waals surface area contributed by atoms with E-state index in [1.807, 2.05) is 6.92 Å². The first-order chi connectivity index (χ1) is 11.5. The molecule has 6 nitrogen and oxygen atoms in total. The zero-order valence-corrected chi connectivity index (χ0v) is 14.5. The molecule has 0 unspecified atom stereocenters. The number of aliphatic carboxylic acids is 1. The lowest BCUT2D eigenvalue weighted by molar-refractivity contribution is -0.148. The molecule has 7 heteroatoms. The summed E-state index contributed by atoms with van der Waals surface area (Å²) in [7, 11) is 1.30. The number of hydrogen-bond acceptors (Lipinski definition) is 5. The molecule has 0 aromatic carbocycles. The van der Waals surface area contributed by atoms with Crippen LogP contribution >= 0.6 is 11.3 Å². The molecule has 2 N–H and O–H groups in total. The number of fused-ring (bicyclic) bond motifs is 2. The van der Waals surface area contributed by atoms with E-state index in [0.29, 0.717) is 10.6 Å². The third kappa shape index (κ3) is 2.81. The van der Waals surface area contributed by atoms with Crippen molar-refractivity contribution in [1.29, 1.82) is 0 Å². The highest BCUT2D eigenvalue weighted by Crippen LogP contribution is 2.52. The van der Waals surface area contributed by atoms with Crippen molar-refractivity contribution in [3.63, 3.8) is 0 Å². The molecule has 130 valence electrons. The first-order valence-electron chi connectivity index (χ1n) is 8.20. The van der Waals surface area contributed by atoms with Crippen LogP contribution < -0.4 is 5.32 Å². The lowest BCUT2D eigenvalue weighted by Gasteiger charge is -2.26. The van der Waals surface area contributed by atoms with Gasteiger partial charge in [0.25, 0.3) is 0 Å². The molecule has 0 saturated heterocycles. The Kier molecular flexibility index (Phi) is 4.62. The third-order valence-corrected chi connectivity index (χ3v) is 6.47. The Morgan fingerprint density at radius 3 is 2.54 bits per heavy atom. The van der Waals surface area contributed by atoms with Crippen molar-refractivity contribution >= 4 is 34.2 Å². The van der Waals surface area contributed by atoms with E-state index < -0.39 is 23.8 Å². The number of esters is 1. The van der Waals surface area contributed by atoms with E-state index in [4.69, 9.17) is 4.74 Å². The number of methoxy groups -OCH3 is 1. The Labute approximate surface area is 144 Å². The lowest BCUT2D eigenvalue weighted by atomic mass is 9.79. The van der Waals surface area contributed by atoms with Crippen molar-refractivity contribution in [2.75, 3.05) is 12.4 Å². The smallest absolute Gasteiger partial charge is 0.340 e. The number of nitrogens with one attached hydrogen (secondary N) is 1. The molecule has 24 heavy (non-hydrogen) atoms. The van der Waals surface area contributed by atoms with Gasteiger partial charge >= 0.3 is 11.9 Å². The van der Waals surface area contributed by atoms with Crippen molar-refractivity contribution in [2.45, 2.75) is 32.6 Å². The summed E-state index contributed by atoms with van der Waals surface area (Å²) < 4.78 is 4.77. The van der Waals surface area contributed by atoms with Gasteiger partial charge < -0.3 is 15.2 Å². The summed E-state index contributed by atoms with van der Waals surface area (Å²) in [4.78, 5) is 37.2. The number of carbonyl (C=O) groups is 3. The van der Waals surface area contributed by atoms with Gasteiger partial charge in [-0.05, 0) is 43.6 Å². The van der Waals surface area contributed by atoms with Crippen molar-refractivity contribution in [1.82, 2.24) is 0 Å². The quantitative estimate of drug-likeness (QED) is 0.796. The van der Waals surface area contributed by atoms with Crippen LogP contribution in [0.3, 0.4) is 0 Å². The number of thiophene rings is 1. The van der Waals surface area contributed by atoms with Gasteiger partial charge in [-0.1, -0.05) is 6.92 Å². The van der Waals surface area contributed by atoms with Gasteiger partial charge in [0, 0.05) is 4.88 Å². The van der Waals surface area contributed by atoms with Gasteiger partial charge in [-0.3, -0.25) is 9.59 Å². The maximum Gasteiger partial charge on any atom is 0.340 e. The SMILES string of the molecule is CCc1cc(C(=O)OC)c(NC(=O)[C@H]2[C@@H]3CC[C@@H](C3)[C@@H]2C(=O)O)s1. The molecule has 2 fully saturated rings. The molecule has 1 heterocycles. The highest BCUT2D eigenvalue weighted by molar-refractivity contribution is 7.16. The van der Waals surface area contributed by atoms with Crippen LogP contribution in [0, 0.1) is 23.7 Å². The van der Waals surface area contributed by atoms with Crippen LogP contribution in [0.4, 0.5) is 5.00 Å². The molecule has 0 radical (unpaired) electrons. The molecule has 1 aromatic heterocycles. The van der Waals surface area contributed by atoms with Crippen molar-refractivity contribution in [3.8, 4) is 0 Å². The Balaban J connectivity index is 1.83. The highest BCUT2D eigenvalue weighted by Gasteiger charge is 2.54. The first-order valence-corrected chi connectivity index (χ1v) is 9.02. The van der Waals surface area contributed by atoms with Gasteiger partial charge in [0.2, 0.25) is 5.91 Å². The number of aryl methyl sites for hydroxylation is 1. The van der Waals surface area contributed by atoms with Gasteiger partial charge in [0.15, 0.2) is 0 Å². The fourth-order valence-corrected chi connectivity index (χ4v) is 5.18. The second kappa shape index (κ2) is 6.55. The summed E-state index contributed by atoms with van der Waals surface area (Å²) in [6.07, 6.45) is 3.35. The molecule has 4 atom stereocenters. The minimum atomic E-state index is -0.893. The molecule has 2 saturated carbocycles. The number of carboxylic acids is 1. The normalized spacial score (nSPS) is 27.9. The van der Waals surface area contributed by atoms with Crippen LogP contribution in [0.2, 0.25) is 0 Å². The van der Waals surface area contributed by atoms with Crippen LogP contribution in [-0.4, -0.2) is 30.1 Å². The Morgan fingerprint density at radius 2 is 1.96 bits per heavy atom. The number of carbonyl (C=O) groups excluding carboxylic acids is 2. The van der Waals surface area contributed by atoms with E-state index in [9.17, 15) is 19.5 Å². The van der Waals surface area contributed by atoms with Gasteiger partial charge in [-0.15, -0.1) is 11.3 Å². The fourth-order valence-electron chi connectivity index (χ4n) is 4.19. The fraction of sp³-hybridized carbons (Fsp3) is 0.588. The van der Waals surface area contributed by atoms with E-state index in [1.54, 1.807) is 6.07 Å². The van der Waals surface area contributed by atoms with E-state index in [1.165, 1.54) is 18.4 Å². The second-order valence-corrected chi connectivity index (χ2v) is 7.65. The summed E-state index contributed by atoms with van der Waals surface area (Å²) in [5, 5.41) is 12.8. The minimum Gasteiger partial charge on any atom is -0.481 e. The topological polar surface area (TPSA) is 92.7 Å². The van der Waals surface area contributed by atoms with E-state index in [2.05, 4.69) is 5.32 Å². The van der Waals surface area contributed by atoms with Gasteiger partial charge in [0.1, 0.15) is 5.00 Å². The van der Waals surface area contributed by atoms with Crippen LogP contribution in [-0.2, 0) is 20.7 Å². The van der Waals surface area contributed by atoms with Crippen molar-refractivity contribution < 1.29 is 24.2 Å². The maximum atomic E-state index is 12.8. The van der Waals surface area contributed by atoms with Crippen LogP contribution in [0.1, 0.15) is 41.4 Å². The summed E-state index contributed by atoms with van der Waals surface area (Å²) >= 11 is 1.34. The van der Waals surface area contributed by atoms with Crippen molar-refractivity contribution in [2.24, 2.45) is 23.7 Å². The van der Waals surface area contributed by atoms with Gasteiger partial charge in [-0.25, -0.2) is 4.79 Å². The monoisotopic (exact) mass is 351 g/mol. The molecule has 0 spiro atoms. The highest BCUT2D eigenvalue weighted by atomic mass is 32.1. The predicted octanol–water partition coefficient (Wildman–Crippen LogP) is 2.78. The first kappa shape index (κ1) is 17.0. The lowest BCUT2D eigenvalue weighted by Crippen LogP contribution is -2.37. The molecule has 2 aliphatic rings. The standard InChI is InChI=1S/C17H21NO5S/c1-3-10-7-11(17(22)23-2)15(24-10)18-14(19)12-8-4-5-9(6-8)13(12)16(20)21/h7-9,12-13H,3-6H2,1-2H3,(H,18,19)(H,20,21)/t8-,9+,12+,13+/m1/s1. The van der Waals surface area contributed by atoms with Crippen LogP contribution in [0.25, 0.3) is 0 Å². The number of rotatable bonds is 5. The molecule has 1 amide bonds. The number of carboxylic acid groups (broad SMARTS) is 1. The molecule has 3 rings (SSSR count). The van der Waals surface area contributed by atoms with Crippen LogP contribution in [0.5, 0.6) is 0 Å². The second-order valence-electron chi connectivity index (χ2n) is 6.51. The van der Waals surface area contributed by atoms with E-state index >= 15 is 0 Å². The third-order valence-electron chi connectivity index (χ3n) is 5.28. The predicted molar refractivity (Wildman–Crippen MR) is 89.1 cm³/mol. The van der Waals surface area contributed by atoms with Gasteiger partial charge in [-0.2, -0.15) is 0 Å². The number of ether oxygens (including phenoxy) is 1. The van der Waals surface area contributed by atoms with Crippen molar-refractivity contribution in [3.05, 3.63) is 16.5 Å². The molecule has 2 bridgehead atoms. The summed E-state index contributed by atoms with van der Waals surface area (Å²) in [5.41, 5.74) is 0.336. The largest absolute Gasteiger partial charge is 0.481 e. The number of hydrogen-bond donors (Lipinski definition) is 2. The van der Waals surface area contributed by atoms with Crippen LogP contribution in [0.15, 0.2) is 6.07 Å². The number of anilines is 1. The minimum absolute atomic E-state index is 0.0952. The Hall–Kier alpha value is -1.89. The molecule has 0 aliphatic heterocycles. The molecular weight excluding hydrogens is 330 g/mol. The van der Waals surface area contributed by atoms with Gasteiger partial charge in [0.05, 0.1) is 24.5 Å². The summed E-state index contributed by atoms with van der Waals surface area (Å²) in [6.45, 7) is 1.97. The molecule has 2 aliphatic carbocycles. The Morgan fingerprint density at radius 1 is 1.29 bits per heavy atom. The van der Waals surface area contributed by atoms with E-state index in [-0.39, 0.29) is 17.7 Å². The average molecular weight is 351 g/mol.